The van der Waals surface area contributed by atoms with Crippen molar-refractivity contribution < 1.29 is 27.5 Å². The first-order valence-electron chi connectivity index (χ1n) is 9.63. The van der Waals surface area contributed by atoms with Crippen LogP contribution in [0.5, 0.6) is 0 Å². The van der Waals surface area contributed by atoms with Crippen LogP contribution in [-0.2, 0) is 15.7 Å². The van der Waals surface area contributed by atoms with Crippen molar-refractivity contribution in [1.82, 2.24) is 10.2 Å². The smallest absolute Gasteiger partial charge is 0.378 e. The summed E-state index contributed by atoms with van der Waals surface area (Å²) in [4.78, 5) is 27.7. The number of carbonyl (C=O) groups excluding carboxylic acids is 2. The zero-order chi connectivity index (χ0) is 21.0. The second-order valence-electron chi connectivity index (χ2n) is 7.27. The summed E-state index contributed by atoms with van der Waals surface area (Å²) in [6, 6.07) is 2.37. The van der Waals surface area contributed by atoms with Crippen LogP contribution in [-0.4, -0.2) is 62.3 Å². The fourth-order valence-corrected chi connectivity index (χ4v) is 3.55. The summed E-state index contributed by atoms with van der Waals surface area (Å²) in [6.45, 7) is 4.75. The molecule has 2 N–H and O–H groups in total. The fraction of sp³-hybridized carbons (Fsp3) is 0.579. The molecule has 2 fully saturated rings. The second-order valence-corrected chi connectivity index (χ2v) is 7.27. The summed E-state index contributed by atoms with van der Waals surface area (Å²) in [7, 11) is 0. The molecular formula is C19H25F3N4O3. The molecule has 2 heterocycles. The van der Waals surface area contributed by atoms with Gasteiger partial charge in [-0.05, 0) is 31.5 Å². The van der Waals surface area contributed by atoms with Crippen molar-refractivity contribution in [2.45, 2.75) is 32.0 Å². The summed E-state index contributed by atoms with van der Waals surface area (Å²) in [5, 5.41) is 5.25. The number of anilines is 2. The van der Waals surface area contributed by atoms with Crippen molar-refractivity contribution in [1.29, 1.82) is 0 Å². The number of hydrogen-bond acceptors (Lipinski definition) is 4. The molecule has 1 aromatic carbocycles. The van der Waals surface area contributed by atoms with Gasteiger partial charge in [0.2, 0.25) is 5.91 Å². The molecule has 7 nitrogen and oxygen atoms in total. The minimum absolute atomic E-state index is 0.0477. The van der Waals surface area contributed by atoms with E-state index in [0.717, 1.165) is 18.6 Å². The highest BCUT2D eigenvalue weighted by Crippen LogP contribution is 2.35. The van der Waals surface area contributed by atoms with Gasteiger partial charge in [0, 0.05) is 38.6 Å². The maximum atomic E-state index is 13.2. The number of likely N-dealkylation sites (tertiary alicyclic amines) is 1. The van der Waals surface area contributed by atoms with E-state index < -0.39 is 17.8 Å². The molecule has 2 aliphatic heterocycles. The average molecular weight is 414 g/mol. The van der Waals surface area contributed by atoms with Gasteiger partial charge in [-0.25, -0.2) is 4.79 Å². The quantitative estimate of drug-likeness (QED) is 0.777. The Kier molecular flexibility index (Phi) is 6.51. The van der Waals surface area contributed by atoms with Gasteiger partial charge in [0.15, 0.2) is 0 Å². The van der Waals surface area contributed by atoms with Gasteiger partial charge in [0.1, 0.15) is 0 Å². The van der Waals surface area contributed by atoms with E-state index in [1.165, 1.54) is 6.07 Å². The van der Waals surface area contributed by atoms with Gasteiger partial charge in [0.25, 0.3) is 0 Å². The predicted molar refractivity (Wildman–Crippen MR) is 102 cm³/mol. The Hall–Kier alpha value is -2.49. The lowest BCUT2D eigenvalue weighted by atomic mass is 10.1. The van der Waals surface area contributed by atoms with Crippen molar-refractivity contribution >= 4 is 23.3 Å². The molecule has 1 atom stereocenters. The summed E-state index contributed by atoms with van der Waals surface area (Å²) in [5.41, 5.74) is -0.233. The maximum Gasteiger partial charge on any atom is 0.416 e. The molecule has 2 aliphatic rings. The minimum atomic E-state index is -4.51. The zero-order valence-electron chi connectivity index (χ0n) is 16.2. The Balaban J connectivity index is 1.71. The SMILES string of the molecule is C[C@H](CN1CCCC1=O)NC(=O)Nc1cc(C(F)(F)F)ccc1N1CCOCC1. The van der Waals surface area contributed by atoms with Crippen molar-refractivity contribution in [2.75, 3.05) is 49.6 Å². The number of urea groups is 1. The molecule has 0 aromatic heterocycles. The zero-order valence-corrected chi connectivity index (χ0v) is 16.2. The van der Waals surface area contributed by atoms with E-state index in [9.17, 15) is 22.8 Å². The maximum absolute atomic E-state index is 13.2. The Morgan fingerprint density at radius 2 is 1.97 bits per heavy atom. The average Bonchev–Trinajstić information content (AvgIpc) is 3.06. The van der Waals surface area contributed by atoms with Crippen molar-refractivity contribution in [2.24, 2.45) is 0 Å². The Labute approximate surface area is 167 Å². The first kappa shape index (κ1) is 21.2. The molecule has 3 rings (SSSR count). The monoisotopic (exact) mass is 414 g/mol. The number of nitrogens with one attached hydrogen (secondary N) is 2. The van der Waals surface area contributed by atoms with E-state index in [1.807, 2.05) is 4.90 Å². The summed E-state index contributed by atoms with van der Waals surface area (Å²) < 4.78 is 44.8. The molecule has 0 unspecified atom stereocenters. The lowest BCUT2D eigenvalue weighted by Crippen LogP contribution is -2.44. The lowest BCUT2D eigenvalue weighted by Gasteiger charge is -2.31. The fourth-order valence-electron chi connectivity index (χ4n) is 3.55. The number of amides is 3. The second kappa shape index (κ2) is 8.89. The number of carbonyl (C=O) groups is 2. The largest absolute Gasteiger partial charge is 0.416 e. The number of nitrogens with zero attached hydrogens (tertiary/aromatic N) is 2. The third-order valence-corrected chi connectivity index (χ3v) is 4.97. The molecule has 160 valence electrons. The molecule has 29 heavy (non-hydrogen) atoms. The van der Waals surface area contributed by atoms with E-state index in [4.69, 9.17) is 4.74 Å². The number of morpholine rings is 1. The third-order valence-electron chi connectivity index (χ3n) is 4.97. The number of ether oxygens (including phenoxy) is 1. The van der Waals surface area contributed by atoms with Crippen LogP contribution in [0.15, 0.2) is 18.2 Å². The van der Waals surface area contributed by atoms with Gasteiger partial charge in [0.05, 0.1) is 30.2 Å². The molecular weight excluding hydrogens is 389 g/mol. The van der Waals surface area contributed by atoms with E-state index in [2.05, 4.69) is 10.6 Å². The van der Waals surface area contributed by atoms with Crippen LogP contribution >= 0.6 is 0 Å². The van der Waals surface area contributed by atoms with E-state index >= 15 is 0 Å². The highest BCUT2D eigenvalue weighted by atomic mass is 19.4. The van der Waals surface area contributed by atoms with Gasteiger partial charge in [-0.15, -0.1) is 0 Å². The number of benzene rings is 1. The van der Waals surface area contributed by atoms with Gasteiger partial charge in [-0.3, -0.25) is 4.79 Å². The molecule has 3 amide bonds. The number of hydrogen-bond donors (Lipinski definition) is 2. The molecule has 10 heteroatoms. The summed E-state index contributed by atoms with van der Waals surface area (Å²) in [6.07, 6.45) is -3.21. The van der Waals surface area contributed by atoms with Crippen molar-refractivity contribution in [3.63, 3.8) is 0 Å². The van der Waals surface area contributed by atoms with Crippen LogP contribution in [0.2, 0.25) is 0 Å². The van der Waals surface area contributed by atoms with Crippen molar-refractivity contribution in [3.8, 4) is 0 Å². The summed E-state index contributed by atoms with van der Waals surface area (Å²) in [5.74, 6) is 0.0477. The van der Waals surface area contributed by atoms with Gasteiger partial charge in [-0.1, -0.05) is 0 Å². The summed E-state index contributed by atoms with van der Waals surface area (Å²) >= 11 is 0. The Morgan fingerprint density at radius 1 is 1.24 bits per heavy atom. The number of rotatable bonds is 5. The van der Waals surface area contributed by atoms with E-state index in [-0.39, 0.29) is 17.6 Å². The lowest BCUT2D eigenvalue weighted by molar-refractivity contribution is -0.137. The molecule has 1 aromatic rings. The minimum Gasteiger partial charge on any atom is -0.378 e. The van der Waals surface area contributed by atoms with Gasteiger partial charge in [-0.2, -0.15) is 13.2 Å². The predicted octanol–water partition coefficient (Wildman–Crippen LogP) is 2.67. The Bertz CT molecular complexity index is 751. The number of halogens is 3. The van der Waals surface area contributed by atoms with Crippen LogP contribution in [0.1, 0.15) is 25.3 Å². The van der Waals surface area contributed by atoms with Crippen LogP contribution in [0.3, 0.4) is 0 Å². The van der Waals surface area contributed by atoms with Crippen LogP contribution in [0.25, 0.3) is 0 Å². The topological polar surface area (TPSA) is 73.9 Å². The van der Waals surface area contributed by atoms with Crippen LogP contribution < -0.4 is 15.5 Å². The molecule has 0 saturated carbocycles. The molecule has 2 saturated heterocycles. The normalized spacial score (nSPS) is 18.7. The van der Waals surface area contributed by atoms with Crippen LogP contribution in [0.4, 0.5) is 29.3 Å². The van der Waals surface area contributed by atoms with Crippen molar-refractivity contribution in [3.05, 3.63) is 23.8 Å². The first-order chi connectivity index (χ1) is 13.7. The number of alkyl halides is 3. The van der Waals surface area contributed by atoms with Crippen LogP contribution in [0, 0.1) is 0 Å². The standard InChI is InChI=1S/C19H25F3N4O3/c1-13(12-26-6-2-3-17(26)27)23-18(28)24-15-11-14(19(20,21)22)4-5-16(15)25-7-9-29-10-8-25/h4-5,11,13H,2-3,6-10,12H2,1H3,(H2,23,24,28)/t13-/m1/s1. The van der Waals surface area contributed by atoms with Gasteiger partial charge < -0.3 is 25.2 Å². The highest BCUT2D eigenvalue weighted by molar-refractivity contribution is 5.93. The van der Waals surface area contributed by atoms with E-state index in [1.54, 1.807) is 11.8 Å². The van der Waals surface area contributed by atoms with Gasteiger partial charge >= 0.3 is 12.2 Å². The third kappa shape index (κ3) is 5.53. The van der Waals surface area contributed by atoms with E-state index in [0.29, 0.717) is 51.5 Å². The molecule has 0 radical (unpaired) electrons. The molecule has 0 aliphatic carbocycles. The molecule has 0 bridgehead atoms. The highest BCUT2D eigenvalue weighted by Gasteiger charge is 2.32. The first-order valence-corrected chi connectivity index (χ1v) is 9.63. The molecule has 0 spiro atoms. The Morgan fingerprint density at radius 3 is 2.59 bits per heavy atom.